The van der Waals surface area contributed by atoms with E-state index in [1.54, 1.807) is 24.7 Å². The van der Waals surface area contributed by atoms with E-state index in [0.717, 1.165) is 11.1 Å². The summed E-state index contributed by atoms with van der Waals surface area (Å²) in [5.41, 5.74) is 1.53. The Hall–Kier alpha value is -3.39. The van der Waals surface area contributed by atoms with Crippen LogP contribution < -0.4 is 10.3 Å². The molecule has 4 rings (SSSR count). The van der Waals surface area contributed by atoms with Crippen molar-refractivity contribution in [2.24, 2.45) is 0 Å². The largest absolute Gasteiger partial charge is 0.497 e. The van der Waals surface area contributed by atoms with Crippen molar-refractivity contribution in [3.63, 3.8) is 0 Å². The van der Waals surface area contributed by atoms with Crippen molar-refractivity contribution in [1.29, 1.82) is 0 Å². The summed E-state index contributed by atoms with van der Waals surface area (Å²) in [6.45, 7) is 1.94. The van der Waals surface area contributed by atoms with Gasteiger partial charge < -0.3 is 13.9 Å². The first-order valence-corrected chi connectivity index (χ1v) is 9.70. The normalized spacial score (nSPS) is 11.0. The molecule has 0 unspecified atom stereocenters. The number of hydrogen-bond acceptors (Lipinski definition) is 7. The fourth-order valence-electron chi connectivity index (χ4n) is 3.14. The highest BCUT2D eigenvalue weighted by atomic mass is 32.1. The lowest BCUT2D eigenvalue weighted by molar-refractivity contribution is 0.0563. The predicted octanol–water partition coefficient (Wildman–Crippen LogP) is 3.87. The molecular weight excluding hydrogens is 392 g/mol. The second-order valence-electron chi connectivity index (χ2n) is 6.37. The lowest BCUT2D eigenvalue weighted by Crippen LogP contribution is -2.24. The summed E-state index contributed by atoms with van der Waals surface area (Å²) in [6.07, 6.45) is 0. The van der Waals surface area contributed by atoms with Crippen molar-refractivity contribution in [1.82, 2.24) is 9.55 Å². The summed E-state index contributed by atoms with van der Waals surface area (Å²) in [5.74, 6) is 1.28. The molecule has 3 aromatic heterocycles. The van der Waals surface area contributed by atoms with Gasteiger partial charge in [0, 0.05) is 10.9 Å². The number of fused-ring (bicyclic) bond motifs is 1. The fraction of sp³-hybridized carbons (Fsp3) is 0.190. The number of carbonyl (C=O) groups excluding carboxylic acids is 1. The van der Waals surface area contributed by atoms with Gasteiger partial charge in [-0.2, -0.15) is 0 Å². The molecule has 0 fully saturated rings. The summed E-state index contributed by atoms with van der Waals surface area (Å²) >= 11 is 1.43. The topological polar surface area (TPSA) is 83.6 Å². The zero-order valence-electron chi connectivity index (χ0n) is 16.1. The number of benzene rings is 1. The van der Waals surface area contributed by atoms with E-state index >= 15 is 0 Å². The molecule has 3 heterocycles. The van der Waals surface area contributed by atoms with E-state index < -0.39 is 5.97 Å². The van der Waals surface area contributed by atoms with E-state index in [1.807, 2.05) is 29.6 Å². The number of aromatic nitrogens is 2. The van der Waals surface area contributed by atoms with Crippen LogP contribution in [0.25, 0.3) is 21.3 Å². The number of carbonyl (C=O) groups is 1. The molecule has 0 saturated heterocycles. The number of aryl methyl sites for hydroxylation is 1. The van der Waals surface area contributed by atoms with Crippen LogP contribution in [0.4, 0.5) is 0 Å². The van der Waals surface area contributed by atoms with Crippen molar-refractivity contribution in [3.8, 4) is 16.9 Å². The summed E-state index contributed by atoms with van der Waals surface area (Å²) in [5, 5.41) is 2.48. The van der Waals surface area contributed by atoms with Crippen molar-refractivity contribution in [2.75, 3.05) is 14.2 Å². The van der Waals surface area contributed by atoms with Gasteiger partial charge in [-0.1, -0.05) is 12.1 Å². The molecule has 0 spiro atoms. The van der Waals surface area contributed by atoms with E-state index in [0.29, 0.717) is 27.6 Å². The standard InChI is InChI=1S/C21H18N2O5S/c1-12-22-19-18(16(11-29-19)13-5-4-6-14(9-13)26-2)20(24)23(12)10-15-7-8-17(28-15)21(25)27-3/h4-9,11H,10H2,1-3H3. The van der Waals surface area contributed by atoms with Gasteiger partial charge in [0.2, 0.25) is 5.76 Å². The molecule has 29 heavy (non-hydrogen) atoms. The Morgan fingerprint density at radius 3 is 2.83 bits per heavy atom. The van der Waals surface area contributed by atoms with E-state index in [4.69, 9.17) is 9.15 Å². The number of ether oxygens (including phenoxy) is 2. The van der Waals surface area contributed by atoms with Crippen LogP contribution in [0.5, 0.6) is 5.75 Å². The summed E-state index contributed by atoms with van der Waals surface area (Å²) in [7, 11) is 2.89. The van der Waals surface area contributed by atoms with Crippen molar-refractivity contribution >= 4 is 27.5 Å². The van der Waals surface area contributed by atoms with Gasteiger partial charge in [-0.15, -0.1) is 11.3 Å². The summed E-state index contributed by atoms with van der Waals surface area (Å²) < 4.78 is 17.0. The number of hydrogen-bond donors (Lipinski definition) is 0. The monoisotopic (exact) mass is 410 g/mol. The molecular formula is C21H18N2O5S. The molecule has 7 nitrogen and oxygen atoms in total. The van der Waals surface area contributed by atoms with Crippen molar-refractivity contribution < 1.29 is 18.7 Å². The molecule has 8 heteroatoms. The van der Waals surface area contributed by atoms with Crippen LogP contribution in [0.2, 0.25) is 0 Å². The lowest BCUT2D eigenvalue weighted by atomic mass is 10.1. The number of esters is 1. The predicted molar refractivity (Wildman–Crippen MR) is 110 cm³/mol. The molecule has 148 valence electrons. The minimum Gasteiger partial charge on any atom is -0.497 e. The highest BCUT2D eigenvalue weighted by Crippen LogP contribution is 2.32. The van der Waals surface area contributed by atoms with Crippen molar-refractivity contribution in [3.05, 3.63) is 69.5 Å². The molecule has 0 aliphatic rings. The Kier molecular flexibility index (Phi) is 4.94. The maximum Gasteiger partial charge on any atom is 0.373 e. The molecule has 0 bridgehead atoms. The van der Waals surface area contributed by atoms with Gasteiger partial charge in [0.15, 0.2) is 0 Å². The quantitative estimate of drug-likeness (QED) is 0.465. The van der Waals surface area contributed by atoms with Gasteiger partial charge in [-0.3, -0.25) is 9.36 Å². The van der Waals surface area contributed by atoms with Gasteiger partial charge in [-0.25, -0.2) is 9.78 Å². The maximum atomic E-state index is 13.3. The third kappa shape index (κ3) is 3.42. The fourth-order valence-corrected chi connectivity index (χ4v) is 4.13. The Bertz CT molecular complexity index is 1270. The van der Waals surface area contributed by atoms with E-state index in [9.17, 15) is 9.59 Å². The molecule has 0 radical (unpaired) electrons. The Morgan fingerprint density at radius 1 is 1.24 bits per heavy atom. The number of thiophene rings is 1. The van der Waals surface area contributed by atoms with E-state index in [2.05, 4.69) is 9.72 Å². The molecule has 0 aliphatic carbocycles. The van der Waals surface area contributed by atoms with Crippen LogP contribution in [0.3, 0.4) is 0 Å². The van der Waals surface area contributed by atoms with E-state index in [1.165, 1.54) is 24.5 Å². The second kappa shape index (κ2) is 7.56. The average Bonchev–Trinajstić information content (AvgIpc) is 3.37. The SMILES string of the molecule is COC(=O)c1ccc(Cn2c(C)nc3scc(-c4cccc(OC)c4)c3c2=O)o1. The van der Waals surface area contributed by atoms with Gasteiger partial charge in [0.05, 0.1) is 26.2 Å². The first-order valence-electron chi connectivity index (χ1n) is 8.82. The molecule has 1 aromatic carbocycles. The third-order valence-electron chi connectivity index (χ3n) is 4.63. The molecule has 4 aromatic rings. The molecule has 0 saturated carbocycles. The lowest BCUT2D eigenvalue weighted by Gasteiger charge is -2.09. The van der Waals surface area contributed by atoms with Crippen LogP contribution in [-0.4, -0.2) is 29.7 Å². The second-order valence-corrected chi connectivity index (χ2v) is 7.23. The zero-order chi connectivity index (χ0) is 20.5. The molecule has 0 N–H and O–H groups in total. The Morgan fingerprint density at radius 2 is 2.07 bits per heavy atom. The smallest absolute Gasteiger partial charge is 0.373 e. The van der Waals surface area contributed by atoms with Gasteiger partial charge >= 0.3 is 5.97 Å². The van der Waals surface area contributed by atoms with Crippen LogP contribution in [-0.2, 0) is 11.3 Å². The number of methoxy groups -OCH3 is 2. The van der Waals surface area contributed by atoms with Crippen LogP contribution in [0, 0.1) is 6.92 Å². The number of nitrogens with zero attached hydrogens (tertiary/aromatic N) is 2. The Labute approximate surface area is 170 Å². The molecule has 0 aliphatic heterocycles. The zero-order valence-corrected chi connectivity index (χ0v) is 16.9. The first-order chi connectivity index (χ1) is 14.0. The minimum absolute atomic E-state index is 0.0924. The number of rotatable bonds is 5. The highest BCUT2D eigenvalue weighted by molar-refractivity contribution is 7.17. The third-order valence-corrected chi connectivity index (χ3v) is 5.50. The molecule has 0 atom stereocenters. The highest BCUT2D eigenvalue weighted by Gasteiger charge is 2.18. The maximum absolute atomic E-state index is 13.3. The van der Waals surface area contributed by atoms with Gasteiger partial charge in [0.25, 0.3) is 5.56 Å². The van der Waals surface area contributed by atoms with Crippen LogP contribution in [0.1, 0.15) is 22.1 Å². The minimum atomic E-state index is -0.563. The van der Waals surface area contributed by atoms with Gasteiger partial charge in [-0.05, 0) is 36.8 Å². The average molecular weight is 410 g/mol. The summed E-state index contributed by atoms with van der Waals surface area (Å²) in [4.78, 5) is 30.2. The Balaban J connectivity index is 1.80. The van der Waals surface area contributed by atoms with Crippen molar-refractivity contribution in [2.45, 2.75) is 13.5 Å². The number of furan rings is 1. The first kappa shape index (κ1) is 18.9. The van der Waals surface area contributed by atoms with E-state index in [-0.39, 0.29) is 17.9 Å². The van der Waals surface area contributed by atoms with Crippen LogP contribution >= 0.6 is 11.3 Å². The van der Waals surface area contributed by atoms with Gasteiger partial charge in [0.1, 0.15) is 22.2 Å². The summed E-state index contributed by atoms with van der Waals surface area (Å²) in [6, 6.07) is 10.7. The molecule has 0 amide bonds. The van der Waals surface area contributed by atoms with Crippen LogP contribution in [0.15, 0.2) is 51.0 Å².